The van der Waals surface area contributed by atoms with Crippen molar-refractivity contribution in [2.45, 2.75) is 32.0 Å². The molecule has 1 aromatic carbocycles. The van der Waals surface area contributed by atoms with Crippen molar-refractivity contribution in [3.63, 3.8) is 0 Å². The second-order valence-electron chi connectivity index (χ2n) is 5.31. The third-order valence-corrected chi connectivity index (χ3v) is 4.60. The first-order valence-electron chi connectivity index (χ1n) is 7.30. The number of nitrogens with zero attached hydrogens (tertiary/aromatic N) is 2. The molecule has 1 aromatic heterocycles. The molecule has 3 rings (SSSR count). The molecule has 22 heavy (non-hydrogen) atoms. The number of carbonyl (C=O) groups excluding carboxylic acids is 1. The Kier molecular flexibility index (Phi) is 4.40. The Bertz CT molecular complexity index is 667. The molecule has 0 saturated heterocycles. The molecule has 5 nitrogen and oxygen atoms in total. The highest BCUT2D eigenvalue weighted by molar-refractivity contribution is 7.09. The molecule has 1 fully saturated rings. The van der Waals surface area contributed by atoms with E-state index in [0.717, 1.165) is 29.2 Å². The fraction of sp³-hybridized carbons (Fsp3) is 0.375. The van der Waals surface area contributed by atoms with Crippen molar-refractivity contribution in [1.29, 1.82) is 0 Å². The Labute approximate surface area is 133 Å². The van der Waals surface area contributed by atoms with Gasteiger partial charge in [-0.05, 0) is 18.9 Å². The minimum atomic E-state index is -0.0237. The lowest BCUT2D eigenvalue weighted by Gasteiger charge is -2.22. The minimum absolute atomic E-state index is 0.0237. The molecule has 0 aliphatic heterocycles. The Hall–Kier alpha value is -1.92. The van der Waals surface area contributed by atoms with Gasteiger partial charge in [0, 0.05) is 30.1 Å². The zero-order valence-corrected chi connectivity index (χ0v) is 13.3. The van der Waals surface area contributed by atoms with Crippen LogP contribution in [0.25, 0.3) is 0 Å². The van der Waals surface area contributed by atoms with Crippen molar-refractivity contribution in [3.05, 3.63) is 45.9 Å². The highest BCUT2D eigenvalue weighted by Crippen LogP contribution is 2.31. The lowest BCUT2D eigenvalue weighted by molar-refractivity contribution is 0.0723. The normalized spacial score (nSPS) is 13.9. The van der Waals surface area contributed by atoms with E-state index in [0.29, 0.717) is 24.8 Å². The molecule has 1 saturated carbocycles. The largest absolute Gasteiger partial charge is 0.496 e. The maximum Gasteiger partial charge on any atom is 0.273 e. The van der Waals surface area contributed by atoms with Crippen LogP contribution in [0.5, 0.6) is 5.75 Å². The van der Waals surface area contributed by atoms with E-state index in [1.807, 2.05) is 29.2 Å². The number of thiazole rings is 1. The van der Waals surface area contributed by atoms with Crippen LogP contribution < -0.4 is 10.5 Å². The lowest BCUT2D eigenvalue weighted by Crippen LogP contribution is -2.33. The molecule has 0 radical (unpaired) electrons. The van der Waals surface area contributed by atoms with Crippen molar-refractivity contribution in [3.8, 4) is 5.75 Å². The van der Waals surface area contributed by atoms with Gasteiger partial charge < -0.3 is 15.4 Å². The first-order chi connectivity index (χ1) is 10.7. The van der Waals surface area contributed by atoms with Crippen LogP contribution in [0.3, 0.4) is 0 Å². The van der Waals surface area contributed by atoms with Crippen molar-refractivity contribution in [2.24, 2.45) is 5.73 Å². The third kappa shape index (κ3) is 3.13. The van der Waals surface area contributed by atoms with E-state index in [2.05, 4.69) is 4.98 Å². The van der Waals surface area contributed by atoms with Gasteiger partial charge in [-0.1, -0.05) is 18.2 Å². The van der Waals surface area contributed by atoms with Gasteiger partial charge in [-0.2, -0.15) is 0 Å². The number of amides is 1. The number of hydrogen-bond acceptors (Lipinski definition) is 5. The average Bonchev–Trinajstić information content (AvgIpc) is 3.28. The standard InChI is InChI=1S/C16H19N3O2S/c1-21-14-5-3-2-4-11(14)9-19(12-6-7-12)16(20)13-10-22-15(8-17)18-13/h2-5,10,12H,6-9,17H2,1H3. The number of rotatable bonds is 6. The van der Waals surface area contributed by atoms with E-state index in [1.165, 1.54) is 11.3 Å². The van der Waals surface area contributed by atoms with E-state index in [-0.39, 0.29) is 5.91 Å². The van der Waals surface area contributed by atoms with E-state index in [9.17, 15) is 4.79 Å². The SMILES string of the molecule is COc1ccccc1CN(C(=O)c1csc(CN)n1)C1CC1. The molecule has 1 aliphatic carbocycles. The maximum absolute atomic E-state index is 12.7. The van der Waals surface area contributed by atoms with Crippen LogP contribution >= 0.6 is 11.3 Å². The second-order valence-corrected chi connectivity index (χ2v) is 6.25. The lowest BCUT2D eigenvalue weighted by atomic mass is 10.1. The molecule has 2 N–H and O–H groups in total. The van der Waals surface area contributed by atoms with Crippen molar-refractivity contribution in [2.75, 3.05) is 7.11 Å². The number of methoxy groups -OCH3 is 1. The summed E-state index contributed by atoms with van der Waals surface area (Å²) in [7, 11) is 1.65. The maximum atomic E-state index is 12.7. The average molecular weight is 317 g/mol. The van der Waals surface area contributed by atoms with Crippen molar-refractivity contribution in [1.82, 2.24) is 9.88 Å². The molecule has 1 amide bonds. The van der Waals surface area contributed by atoms with Crippen LogP contribution in [0, 0.1) is 0 Å². The predicted octanol–water partition coefficient (Wildman–Crippen LogP) is 2.42. The number of nitrogens with two attached hydrogens (primary N) is 1. The summed E-state index contributed by atoms with van der Waals surface area (Å²) in [6.07, 6.45) is 2.10. The van der Waals surface area contributed by atoms with E-state index < -0.39 is 0 Å². The fourth-order valence-corrected chi connectivity index (χ4v) is 3.07. The fourth-order valence-electron chi connectivity index (χ4n) is 2.42. The topological polar surface area (TPSA) is 68.5 Å². The monoisotopic (exact) mass is 317 g/mol. The van der Waals surface area contributed by atoms with Gasteiger partial charge in [0.25, 0.3) is 5.91 Å². The number of ether oxygens (including phenoxy) is 1. The van der Waals surface area contributed by atoms with Gasteiger partial charge in [0.15, 0.2) is 0 Å². The summed E-state index contributed by atoms with van der Waals surface area (Å²) in [5.41, 5.74) is 7.09. The number of para-hydroxylation sites is 1. The van der Waals surface area contributed by atoms with E-state index in [1.54, 1.807) is 12.5 Å². The number of carbonyl (C=O) groups is 1. The number of hydrogen-bond donors (Lipinski definition) is 1. The van der Waals surface area contributed by atoms with Gasteiger partial charge in [-0.25, -0.2) is 4.98 Å². The van der Waals surface area contributed by atoms with Gasteiger partial charge in [-0.3, -0.25) is 4.79 Å². The van der Waals surface area contributed by atoms with Gasteiger partial charge in [0.05, 0.1) is 7.11 Å². The molecule has 116 valence electrons. The highest BCUT2D eigenvalue weighted by Gasteiger charge is 2.34. The summed E-state index contributed by atoms with van der Waals surface area (Å²) in [5, 5.41) is 2.58. The van der Waals surface area contributed by atoms with Gasteiger partial charge in [-0.15, -0.1) is 11.3 Å². The minimum Gasteiger partial charge on any atom is -0.496 e. The molecule has 1 aliphatic rings. The summed E-state index contributed by atoms with van der Waals surface area (Å²) in [4.78, 5) is 19.0. The molecule has 1 heterocycles. The molecular formula is C16H19N3O2S. The summed E-state index contributed by atoms with van der Waals surface area (Å²) < 4.78 is 5.39. The quantitative estimate of drug-likeness (QED) is 0.888. The third-order valence-electron chi connectivity index (χ3n) is 3.73. The zero-order chi connectivity index (χ0) is 15.5. The van der Waals surface area contributed by atoms with Gasteiger partial charge >= 0.3 is 0 Å². The van der Waals surface area contributed by atoms with Crippen molar-refractivity contribution >= 4 is 17.2 Å². The highest BCUT2D eigenvalue weighted by atomic mass is 32.1. The molecular weight excluding hydrogens is 298 g/mol. The van der Waals surface area contributed by atoms with Crippen molar-refractivity contribution < 1.29 is 9.53 Å². The number of benzene rings is 1. The van der Waals surface area contributed by atoms with Crippen LogP contribution in [-0.2, 0) is 13.1 Å². The predicted molar refractivity (Wildman–Crippen MR) is 85.9 cm³/mol. The smallest absolute Gasteiger partial charge is 0.273 e. The first kappa shape index (κ1) is 15.0. The van der Waals surface area contributed by atoms with Gasteiger partial charge in [0.1, 0.15) is 16.5 Å². The Morgan fingerprint density at radius 2 is 2.23 bits per heavy atom. The molecule has 0 unspecified atom stereocenters. The summed E-state index contributed by atoms with van der Waals surface area (Å²) in [5.74, 6) is 0.784. The molecule has 6 heteroatoms. The van der Waals surface area contributed by atoms with Crippen LogP contribution in [-0.4, -0.2) is 28.9 Å². The van der Waals surface area contributed by atoms with E-state index in [4.69, 9.17) is 10.5 Å². The summed E-state index contributed by atoms with van der Waals surface area (Å²) >= 11 is 1.43. The summed E-state index contributed by atoms with van der Waals surface area (Å²) in [6.45, 7) is 0.914. The van der Waals surface area contributed by atoms with Crippen LogP contribution in [0.15, 0.2) is 29.6 Å². The summed E-state index contributed by atoms with van der Waals surface area (Å²) in [6, 6.07) is 8.11. The van der Waals surface area contributed by atoms with E-state index >= 15 is 0 Å². The first-order valence-corrected chi connectivity index (χ1v) is 8.18. The van der Waals surface area contributed by atoms with Crippen LogP contribution in [0.4, 0.5) is 0 Å². The van der Waals surface area contributed by atoms with Gasteiger partial charge in [0.2, 0.25) is 0 Å². The number of aromatic nitrogens is 1. The Morgan fingerprint density at radius 3 is 2.86 bits per heavy atom. The van der Waals surface area contributed by atoms with Crippen LogP contribution in [0.2, 0.25) is 0 Å². The second kappa shape index (κ2) is 6.46. The van der Waals surface area contributed by atoms with Crippen LogP contribution in [0.1, 0.15) is 33.9 Å². The zero-order valence-electron chi connectivity index (χ0n) is 12.5. The molecule has 0 bridgehead atoms. The molecule has 2 aromatic rings. The molecule has 0 atom stereocenters. The Balaban J connectivity index is 1.82. The molecule has 0 spiro atoms. The Morgan fingerprint density at radius 1 is 1.45 bits per heavy atom.